The minimum atomic E-state index is 0.161. The molecule has 1 aliphatic rings. The Balaban J connectivity index is 2.22. The number of halogens is 1. The molecule has 106 valence electrons. The summed E-state index contributed by atoms with van der Waals surface area (Å²) in [5.41, 5.74) is 2.60. The average Bonchev–Trinajstić information content (AvgIpc) is 2.55. The molecule has 0 saturated heterocycles. The highest BCUT2D eigenvalue weighted by atomic mass is 79.9. The van der Waals surface area contributed by atoms with Gasteiger partial charge in [-0.05, 0) is 39.5 Å². The van der Waals surface area contributed by atoms with Gasteiger partial charge in [0, 0.05) is 30.7 Å². The Hall–Kier alpha value is -0.840. The van der Waals surface area contributed by atoms with E-state index < -0.39 is 0 Å². The third kappa shape index (κ3) is 2.86. The maximum atomic E-state index is 12.8. The molecule has 5 heteroatoms. The number of nitrogens with zero attached hydrogens (tertiary/aromatic N) is 3. The lowest BCUT2D eigenvalue weighted by atomic mass is 9.90. The minimum absolute atomic E-state index is 0.161. The normalized spacial score (nSPS) is 15.4. The van der Waals surface area contributed by atoms with Crippen LogP contribution in [0.15, 0.2) is 0 Å². The largest absolute Gasteiger partial charge is 0.336 e. The molecule has 1 fully saturated rings. The monoisotopic (exact) mass is 327 g/mol. The van der Waals surface area contributed by atoms with Crippen LogP contribution in [-0.2, 0) is 7.05 Å². The lowest BCUT2D eigenvalue weighted by Crippen LogP contribution is -2.45. The molecule has 0 spiro atoms. The molecule has 2 rings (SSSR count). The van der Waals surface area contributed by atoms with Crippen LogP contribution in [0.3, 0.4) is 0 Å². The highest BCUT2D eigenvalue weighted by Crippen LogP contribution is 2.27. The van der Waals surface area contributed by atoms with Gasteiger partial charge in [0.25, 0.3) is 5.91 Å². The van der Waals surface area contributed by atoms with Gasteiger partial charge in [-0.15, -0.1) is 0 Å². The third-order valence-corrected chi connectivity index (χ3v) is 4.59. The van der Waals surface area contributed by atoms with Crippen LogP contribution < -0.4 is 0 Å². The van der Waals surface area contributed by atoms with E-state index in [9.17, 15) is 4.79 Å². The van der Waals surface area contributed by atoms with Crippen molar-refractivity contribution in [3.05, 3.63) is 17.0 Å². The number of alkyl halides is 1. The molecule has 1 heterocycles. The Labute approximate surface area is 123 Å². The summed E-state index contributed by atoms with van der Waals surface area (Å²) in [5.74, 6) is 0.161. The Morgan fingerprint density at radius 2 is 2.16 bits per heavy atom. The molecule has 1 aliphatic carbocycles. The number of carbonyl (C=O) groups is 1. The maximum absolute atomic E-state index is 12.8. The highest BCUT2D eigenvalue weighted by molar-refractivity contribution is 9.09. The third-order valence-electron chi connectivity index (χ3n) is 4.03. The molecule has 0 atom stereocenters. The van der Waals surface area contributed by atoms with Gasteiger partial charge in [-0.2, -0.15) is 5.10 Å². The second kappa shape index (κ2) is 6.07. The van der Waals surface area contributed by atoms with Crippen LogP contribution in [-0.4, -0.2) is 38.5 Å². The first-order valence-electron chi connectivity index (χ1n) is 6.93. The van der Waals surface area contributed by atoms with E-state index in [0.717, 1.165) is 48.1 Å². The fourth-order valence-electron chi connectivity index (χ4n) is 2.61. The molecule has 0 bridgehead atoms. The van der Waals surface area contributed by atoms with E-state index in [1.54, 1.807) is 4.68 Å². The molecule has 4 nitrogen and oxygen atoms in total. The Morgan fingerprint density at radius 1 is 1.47 bits per heavy atom. The fourth-order valence-corrected chi connectivity index (χ4v) is 2.86. The van der Waals surface area contributed by atoms with Crippen LogP contribution in [0.1, 0.15) is 47.4 Å². The zero-order chi connectivity index (χ0) is 14.0. The van der Waals surface area contributed by atoms with Gasteiger partial charge in [0.15, 0.2) is 0 Å². The summed E-state index contributed by atoms with van der Waals surface area (Å²) in [5, 5.41) is 5.30. The predicted octanol–water partition coefficient (Wildman–Crippen LogP) is 2.82. The van der Waals surface area contributed by atoms with Crippen molar-refractivity contribution in [2.24, 2.45) is 7.05 Å². The fraction of sp³-hybridized carbons (Fsp3) is 0.714. The Kier molecular flexibility index (Phi) is 4.66. The van der Waals surface area contributed by atoms with E-state index in [-0.39, 0.29) is 5.91 Å². The van der Waals surface area contributed by atoms with Gasteiger partial charge >= 0.3 is 0 Å². The van der Waals surface area contributed by atoms with Gasteiger partial charge in [-0.3, -0.25) is 9.48 Å². The molecule has 1 aromatic rings. The topological polar surface area (TPSA) is 38.1 Å². The molecule has 0 unspecified atom stereocenters. The van der Waals surface area contributed by atoms with E-state index in [1.807, 2.05) is 20.9 Å². The van der Waals surface area contributed by atoms with Crippen molar-refractivity contribution in [3.63, 3.8) is 0 Å². The Bertz CT molecular complexity index is 466. The second-order valence-corrected chi connectivity index (χ2v) is 6.09. The van der Waals surface area contributed by atoms with E-state index in [4.69, 9.17) is 0 Å². The average molecular weight is 328 g/mol. The summed E-state index contributed by atoms with van der Waals surface area (Å²) >= 11 is 3.45. The van der Waals surface area contributed by atoms with Gasteiger partial charge in [0.05, 0.1) is 11.3 Å². The van der Waals surface area contributed by atoms with Crippen molar-refractivity contribution in [3.8, 4) is 0 Å². The SMILES string of the molecule is Cc1nn(C)c(C)c1C(=O)N(CCCBr)C1CCC1. The van der Waals surface area contributed by atoms with Crippen molar-refractivity contribution in [1.82, 2.24) is 14.7 Å². The summed E-state index contributed by atoms with van der Waals surface area (Å²) in [7, 11) is 1.89. The highest BCUT2D eigenvalue weighted by Gasteiger charge is 2.31. The van der Waals surface area contributed by atoms with Crippen molar-refractivity contribution in [2.75, 3.05) is 11.9 Å². The first kappa shape index (κ1) is 14.6. The summed E-state index contributed by atoms with van der Waals surface area (Å²) in [6.45, 7) is 4.73. The zero-order valence-electron chi connectivity index (χ0n) is 11.9. The van der Waals surface area contributed by atoms with Gasteiger partial charge in [-0.1, -0.05) is 15.9 Å². The first-order chi connectivity index (χ1) is 9.06. The summed E-state index contributed by atoms with van der Waals surface area (Å²) in [4.78, 5) is 14.9. The van der Waals surface area contributed by atoms with E-state index in [2.05, 4.69) is 25.9 Å². The number of aryl methyl sites for hydroxylation is 2. The molecule has 19 heavy (non-hydrogen) atoms. The number of aromatic nitrogens is 2. The molecular weight excluding hydrogens is 306 g/mol. The smallest absolute Gasteiger partial charge is 0.257 e. The van der Waals surface area contributed by atoms with Crippen LogP contribution in [0.5, 0.6) is 0 Å². The van der Waals surface area contributed by atoms with E-state index in [1.165, 1.54) is 6.42 Å². The zero-order valence-corrected chi connectivity index (χ0v) is 13.5. The molecule has 0 aliphatic heterocycles. The minimum Gasteiger partial charge on any atom is -0.336 e. The van der Waals surface area contributed by atoms with Crippen molar-refractivity contribution < 1.29 is 4.79 Å². The summed E-state index contributed by atoms with van der Waals surface area (Å²) < 4.78 is 1.80. The van der Waals surface area contributed by atoms with E-state index in [0.29, 0.717) is 6.04 Å². The van der Waals surface area contributed by atoms with Crippen molar-refractivity contribution in [2.45, 2.75) is 45.6 Å². The Morgan fingerprint density at radius 3 is 2.58 bits per heavy atom. The van der Waals surface area contributed by atoms with Gasteiger partial charge in [0.1, 0.15) is 0 Å². The van der Waals surface area contributed by atoms with Crippen LogP contribution >= 0.6 is 15.9 Å². The number of hydrogen-bond acceptors (Lipinski definition) is 2. The molecule has 0 N–H and O–H groups in total. The molecule has 1 amide bonds. The maximum Gasteiger partial charge on any atom is 0.257 e. The predicted molar refractivity (Wildman–Crippen MR) is 79.8 cm³/mol. The van der Waals surface area contributed by atoms with Crippen molar-refractivity contribution in [1.29, 1.82) is 0 Å². The van der Waals surface area contributed by atoms with Crippen LogP contribution in [0, 0.1) is 13.8 Å². The quantitative estimate of drug-likeness (QED) is 0.780. The number of rotatable bonds is 5. The number of carbonyl (C=O) groups excluding carboxylic acids is 1. The van der Waals surface area contributed by atoms with Crippen LogP contribution in [0.25, 0.3) is 0 Å². The molecular formula is C14H22BrN3O. The number of hydrogen-bond donors (Lipinski definition) is 0. The molecule has 0 aromatic carbocycles. The van der Waals surface area contributed by atoms with Gasteiger partial charge in [0.2, 0.25) is 0 Å². The summed E-state index contributed by atoms with van der Waals surface area (Å²) in [6, 6.07) is 0.436. The van der Waals surface area contributed by atoms with Crippen LogP contribution in [0.4, 0.5) is 0 Å². The lowest BCUT2D eigenvalue weighted by molar-refractivity contribution is 0.0579. The molecule has 1 saturated carbocycles. The second-order valence-electron chi connectivity index (χ2n) is 5.30. The van der Waals surface area contributed by atoms with E-state index >= 15 is 0 Å². The first-order valence-corrected chi connectivity index (χ1v) is 8.05. The van der Waals surface area contributed by atoms with Gasteiger partial charge in [-0.25, -0.2) is 0 Å². The summed E-state index contributed by atoms with van der Waals surface area (Å²) in [6.07, 6.45) is 4.53. The standard InChI is InChI=1S/C14H22BrN3O/c1-10-13(11(2)17(3)16-10)14(19)18(9-5-8-15)12-6-4-7-12/h12H,4-9H2,1-3H3. The van der Waals surface area contributed by atoms with Gasteiger partial charge < -0.3 is 4.90 Å². The lowest BCUT2D eigenvalue weighted by Gasteiger charge is -2.37. The molecule has 0 radical (unpaired) electrons. The number of amides is 1. The van der Waals surface area contributed by atoms with Crippen molar-refractivity contribution >= 4 is 21.8 Å². The molecule has 1 aromatic heterocycles. The van der Waals surface area contributed by atoms with Crippen LogP contribution in [0.2, 0.25) is 0 Å².